The molecule has 0 fully saturated rings. The SMILES string of the molecule is CC.CC.CC.Cc1ccc2c(c1)C1C=CCC1c1cc(C)ccc1-2. The zero-order chi connectivity index (χ0) is 19.0. The predicted molar refractivity (Wildman–Crippen MR) is 115 cm³/mol. The molecule has 2 aromatic rings. The highest BCUT2D eigenvalue weighted by molar-refractivity contribution is 5.77. The van der Waals surface area contributed by atoms with E-state index in [-0.39, 0.29) is 0 Å². The van der Waals surface area contributed by atoms with Crippen LogP contribution in [0.3, 0.4) is 0 Å². The molecule has 0 saturated carbocycles. The van der Waals surface area contributed by atoms with Gasteiger partial charge in [-0.2, -0.15) is 0 Å². The van der Waals surface area contributed by atoms with Crippen LogP contribution in [0.25, 0.3) is 11.1 Å². The van der Waals surface area contributed by atoms with Gasteiger partial charge in [0.15, 0.2) is 0 Å². The minimum absolute atomic E-state index is 0.587. The zero-order valence-electron chi connectivity index (χ0n) is 17.5. The molecule has 0 amide bonds. The molecule has 0 nitrogen and oxygen atoms in total. The molecular formula is C25H36. The van der Waals surface area contributed by atoms with Crippen LogP contribution in [0.1, 0.15) is 82.1 Å². The lowest BCUT2D eigenvalue weighted by Crippen LogP contribution is -2.13. The first-order valence-corrected chi connectivity index (χ1v) is 10.1. The summed E-state index contributed by atoms with van der Waals surface area (Å²) in [6, 6.07) is 13.9. The van der Waals surface area contributed by atoms with Crippen LogP contribution in [0.2, 0.25) is 0 Å². The van der Waals surface area contributed by atoms with Crippen LogP contribution in [0, 0.1) is 13.8 Å². The Balaban J connectivity index is 0.000000475. The summed E-state index contributed by atoms with van der Waals surface area (Å²) in [7, 11) is 0. The van der Waals surface area contributed by atoms with E-state index in [1.807, 2.05) is 41.5 Å². The lowest BCUT2D eigenvalue weighted by molar-refractivity contribution is 0.656. The maximum absolute atomic E-state index is 2.41. The summed E-state index contributed by atoms with van der Waals surface area (Å²) in [5.41, 5.74) is 8.70. The smallest absolute Gasteiger partial charge is 0.00961 e. The van der Waals surface area contributed by atoms with Gasteiger partial charge in [0.05, 0.1) is 0 Å². The van der Waals surface area contributed by atoms with E-state index >= 15 is 0 Å². The summed E-state index contributed by atoms with van der Waals surface area (Å²) in [6.45, 7) is 16.4. The van der Waals surface area contributed by atoms with Crippen molar-refractivity contribution in [1.29, 1.82) is 0 Å². The number of hydrogen-bond acceptors (Lipinski definition) is 0. The summed E-state index contributed by atoms with van der Waals surface area (Å²) in [6.07, 6.45) is 5.96. The van der Waals surface area contributed by atoms with E-state index in [9.17, 15) is 0 Å². The summed E-state index contributed by atoms with van der Waals surface area (Å²) >= 11 is 0. The first kappa shape index (κ1) is 21.2. The van der Waals surface area contributed by atoms with Gasteiger partial charge in [-0.15, -0.1) is 0 Å². The number of rotatable bonds is 0. The molecule has 2 aliphatic rings. The molecule has 0 N–H and O–H groups in total. The van der Waals surface area contributed by atoms with Crippen molar-refractivity contribution in [3.05, 3.63) is 70.8 Å². The molecule has 0 saturated heterocycles. The van der Waals surface area contributed by atoms with E-state index in [0.29, 0.717) is 11.8 Å². The summed E-state index contributed by atoms with van der Waals surface area (Å²) in [5.74, 6) is 1.24. The number of allylic oxidation sites excluding steroid dienone is 2. The van der Waals surface area contributed by atoms with Crippen molar-refractivity contribution < 1.29 is 0 Å². The Bertz CT molecular complexity index is 691. The largest absolute Gasteiger partial charge is 0.0873 e. The second kappa shape index (κ2) is 10.2. The Hall–Kier alpha value is -1.82. The highest BCUT2D eigenvalue weighted by atomic mass is 14.4. The normalized spacial score (nSPS) is 18.1. The predicted octanol–water partition coefficient (Wildman–Crippen LogP) is 8.19. The van der Waals surface area contributed by atoms with Crippen molar-refractivity contribution in [2.45, 2.75) is 73.6 Å². The van der Waals surface area contributed by atoms with Gasteiger partial charge >= 0.3 is 0 Å². The van der Waals surface area contributed by atoms with E-state index < -0.39 is 0 Å². The number of benzene rings is 2. The lowest BCUT2D eigenvalue weighted by Gasteiger charge is -2.31. The Kier molecular flexibility index (Phi) is 8.69. The van der Waals surface area contributed by atoms with E-state index in [1.165, 1.54) is 34.2 Å². The molecule has 25 heavy (non-hydrogen) atoms. The zero-order valence-corrected chi connectivity index (χ0v) is 17.5. The number of fused-ring (bicyclic) bond motifs is 6. The molecule has 2 unspecified atom stereocenters. The van der Waals surface area contributed by atoms with Gasteiger partial charge in [-0.3, -0.25) is 0 Å². The fourth-order valence-electron chi connectivity index (χ4n) is 3.73. The van der Waals surface area contributed by atoms with Crippen LogP contribution in [0.5, 0.6) is 0 Å². The molecule has 0 heterocycles. The Morgan fingerprint density at radius 3 is 1.72 bits per heavy atom. The van der Waals surface area contributed by atoms with Gasteiger partial charge in [-0.25, -0.2) is 0 Å². The second-order valence-corrected chi connectivity index (χ2v) is 5.98. The average molecular weight is 337 g/mol. The van der Waals surface area contributed by atoms with Crippen LogP contribution in [-0.4, -0.2) is 0 Å². The molecule has 0 aromatic heterocycles. The third-order valence-electron chi connectivity index (χ3n) is 4.63. The minimum atomic E-state index is 0.587. The molecule has 0 radical (unpaired) electrons. The number of aryl methyl sites for hydroxylation is 2. The topological polar surface area (TPSA) is 0 Å². The molecule has 0 heteroatoms. The third-order valence-corrected chi connectivity index (χ3v) is 4.63. The Morgan fingerprint density at radius 2 is 1.16 bits per heavy atom. The van der Waals surface area contributed by atoms with Crippen molar-refractivity contribution >= 4 is 0 Å². The third kappa shape index (κ3) is 4.24. The van der Waals surface area contributed by atoms with Gasteiger partial charge in [0.25, 0.3) is 0 Å². The summed E-state index contributed by atoms with van der Waals surface area (Å²) in [4.78, 5) is 0. The molecule has 0 spiro atoms. The highest BCUT2D eigenvalue weighted by Gasteiger charge is 2.33. The van der Waals surface area contributed by atoms with Crippen molar-refractivity contribution in [1.82, 2.24) is 0 Å². The maximum Gasteiger partial charge on any atom is 0.00961 e. The number of hydrogen-bond donors (Lipinski definition) is 0. The Labute approximate surface area is 156 Å². The minimum Gasteiger partial charge on any atom is -0.0873 e. The van der Waals surface area contributed by atoms with Gasteiger partial charge in [0, 0.05) is 5.92 Å². The van der Waals surface area contributed by atoms with E-state index in [1.54, 1.807) is 5.56 Å². The molecule has 0 aliphatic heterocycles. The first-order valence-electron chi connectivity index (χ1n) is 10.1. The highest BCUT2D eigenvalue weighted by Crippen LogP contribution is 2.51. The molecule has 2 aliphatic carbocycles. The van der Waals surface area contributed by atoms with Crippen LogP contribution in [0.15, 0.2) is 48.6 Å². The average Bonchev–Trinajstić information content (AvgIpc) is 3.17. The standard InChI is InChI=1S/C19H18.3C2H6/c1-12-6-8-16-17-9-7-13(2)11-19(17)15-5-3-4-14(15)18(16)10-12;3*1-2/h3-4,6-11,14-15H,5H2,1-2H3;3*1-2H3. The fourth-order valence-corrected chi connectivity index (χ4v) is 3.73. The van der Waals surface area contributed by atoms with Crippen molar-refractivity contribution in [3.63, 3.8) is 0 Å². The van der Waals surface area contributed by atoms with Gasteiger partial charge in [-0.05, 0) is 48.4 Å². The maximum atomic E-state index is 2.41. The van der Waals surface area contributed by atoms with Crippen LogP contribution < -0.4 is 0 Å². The quantitative estimate of drug-likeness (QED) is 0.425. The van der Waals surface area contributed by atoms with Crippen LogP contribution in [-0.2, 0) is 0 Å². The van der Waals surface area contributed by atoms with Gasteiger partial charge < -0.3 is 0 Å². The van der Waals surface area contributed by atoms with E-state index in [2.05, 4.69) is 62.4 Å². The van der Waals surface area contributed by atoms with Gasteiger partial charge in [-0.1, -0.05) is 101 Å². The summed E-state index contributed by atoms with van der Waals surface area (Å²) < 4.78 is 0. The van der Waals surface area contributed by atoms with E-state index in [0.717, 1.165) is 0 Å². The monoisotopic (exact) mass is 336 g/mol. The van der Waals surface area contributed by atoms with Crippen LogP contribution >= 0.6 is 0 Å². The van der Waals surface area contributed by atoms with Gasteiger partial charge in [0.1, 0.15) is 0 Å². The summed E-state index contributed by atoms with van der Waals surface area (Å²) in [5, 5.41) is 0. The first-order chi connectivity index (χ1) is 12.2. The lowest BCUT2D eigenvalue weighted by atomic mass is 9.72. The van der Waals surface area contributed by atoms with Gasteiger partial charge in [0.2, 0.25) is 0 Å². The fraction of sp³-hybridized carbons (Fsp3) is 0.440. The molecule has 0 bridgehead atoms. The van der Waals surface area contributed by atoms with Crippen molar-refractivity contribution in [3.8, 4) is 11.1 Å². The van der Waals surface area contributed by atoms with Crippen LogP contribution in [0.4, 0.5) is 0 Å². The molecule has 2 aromatic carbocycles. The Morgan fingerprint density at radius 1 is 0.680 bits per heavy atom. The molecular weight excluding hydrogens is 300 g/mol. The second-order valence-electron chi connectivity index (χ2n) is 5.98. The molecule has 136 valence electrons. The molecule has 2 atom stereocenters. The molecule has 4 rings (SSSR count). The van der Waals surface area contributed by atoms with Crippen molar-refractivity contribution in [2.24, 2.45) is 0 Å². The van der Waals surface area contributed by atoms with Crippen molar-refractivity contribution in [2.75, 3.05) is 0 Å². The van der Waals surface area contributed by atoms with E-state index in [4.69, 9.17) is 0 Å².